The summed E-state index contributed by atoms with van der Waals surface area (Å²) in [5.41, 5.74) is 1.94. The van der Waals surface area contributed by atoms with Gasteiger partial charge in [-0.25, -0.2) is 4.98 Å². The molecular weight excluding hydrogens is 200 g/mol. The standard InChI is InChI=1S/C13H16N2O/c1-9-11(12(16)13(2,3)4)15-8-6-5-7-10(15)14-9/h5-8H,1-4H3. The van der Waals surface area contributed by atoms with Crippen LogP contribution in [0.2, 0.25) is 0 Å². The number of carbonyl (C=O) groups excluding carboxylic acids is 1. The van der Waals surface area contributed by atoms with E-state index in [2.05, 4.69) is 4.98 Å². The first kappa shape index (κ1) is 10.9. The lowest BCUT2D eigenvalue weighted by Gasteiger charge is -2.16. The highest BCUT2D eigenvalue weighted by atomic mass is 16.1. The Morgan fingerprint density at radius 2 is 2.00 bits per heavy atom. The van der Waals surface area contributed by atoms with Crippen LogP contribution in [-0.4, -0.2) is 15.2 Å². The van der Waals surface area contributed by atoms with Gasteiger partial charge in [-0.3, -0.25) is 9.20 Å². The van der Waals surface area contributed by atoms with E-state index in [0.29, 0.717) is 5.69 Å². The molecule has 0 atom stereocenters. The summed E-state index contributed by atoms with van der Waals surface area (Å²) in [5.74, 6) is 0.128. The Balaban J connectivity index is 2.69. The van der Waals surface area contributed by atoms with Gasteiger partial charge < -0.3 is 0 Å². The minimum Gasteiger partial charge on any atom is -0.297 e. The predicted molar refractivity (Wildman–Crippen MR) is 63.7 cm³/mol. The van der Waals surface area contributed by atoms with Crippen molar-refractivity contribution >= 4 is 11.4 Å². The SMILES string of the molecule is Cc1nc2ccccn2c1C(=O)C(C)(C)C. The summed E-state index contributed by atoms with van der Waals surface area (Å²) < 4.78 is 1.86. The average Bonchev–Trinajstić information content (AvgIpc) is 2.51. The summed E-state index contributed by atoms with van der Waals surface area (Å²) in [5, 5.41) is 0. The van der Waals surface area contributed by atoms with Crippen LogP contribution in [0.4, 0.5) is 0 Å². The highest BCUT2D eigenvalue weighted by molar-refractivity contribution is 6.00. The molecule has 84 valence electrons. The minimum absolute atomic E-state index is 0.128. The van der Waals surface area contributed by atoms with Crippen molar-refractivity contribution in [2.75, 3.05) is 0 Å². The van der Waals surface area contributed by atoms with E-state index in [4.69, 9.17) is 0 Å². The van der Waals surface area contributed by atoms with Crippen LogP contribution in [0.1, 0.15) is 37.0 Å². The van der Waals surface area contributed by atoms with E-state index in [9.17, 15) is 4.79 Å². The monoisotopic (exact) mass is 216 g/mol. The van der Waals surface area contributed by atoms with Crippen LogP contribution in [0, 0.1) is 12.3 Å². The Kier molecular flexibility index (Phi) is 2.34. The van der Waals surface area contributed by atoms with Gasteiger partial charge in [-0.15, -0.1) is 0 Å². The lowest BCUT2D eigenvalue weighted by Crippen LogP contribution is -2.22. The number of imidazole rings is 1. The fraction of sp³-hybridized carbons (Fsp3) is 0.385. The van der Waals surface area contributed by atoms with E-state index < -0.39 is 0 Å². The second-order valence-corrected chi connectivity index (χ2v) is 5.05. The van der Waals surface area contributed by atoms with Gasteiger partial charge in [0.1, 0.15) is 11.3 Å². The molecule has 0 unspecified atom stereocenters. The molecule has 0 aliphatic carbocycles. The molecule has 2 aromatic rings. The van der Waals surface area contributed by atoms with Gasteiger partial charge in [0.15, 0.2) is 5.78 Å². The number of fused-ring (bicyclic) bond motifs is 1. The number of carbonyl (C=O) groups is 1. The number of hydrogen-bond acceptors (Lipinski definition) is 2. The van der Waals surface area contributed by atoms with Crippen LogP contribution >= 0.6 is 0 Å². The lowest BCUT2D eigenvalue weighted by molar-refractivity contribution is 0.0851. The van der Waals surface area contributed by atoms with Crippen LogP contribution in [0.15, 0.2) is 24.4 Å². The molecule has 0 bridgehead atoms. The van der Waals surface area contributed by atoms with Crippen molar-refractivity contribution in [1.82, 2.24) is 9.38 Å². The van der Waals surface area contributed by atoms with E-state index in [-0.39, 0.29) is 11.2 Å². The molecule has 3 heteroatoms. The van der Waals surface area contributed by atoms with Gasteiger partial charge in [-0.2, -0.15) is 0 Å². The summed E-state index contributed by atoms with van der Waals surface area (Å²) in [6.45, 7) is 7.66. The van der Waals surface area contributed by atoms with E-state index in [0.717, 1.165) is 11.3 Å². The van der Waals surface area contributed by atoms with Crippen molar-refractivity contribution < 1.29 is 4.79 Å². The number of Topliss-reactive ketones (excluding diaryl/α,β-unsaturated/α-hetero) is 1. The van der Waals surface area contributed by atoms with Crippen molar-refractivity contribution in [3.8, 4) is 0 Å². The smallest absolute Gasteiger partial charge is 0.186 e. The molecule has 0 radical (unpaired) electrons. The third-order valence-electron chi connectivity index (χ3n) is 2.60. The van der Waals surface area contributed by atoms with Gasteiger partial charge in [0, 0.05) is 11.6 Å². The molecule has 16 heavy (non-hydrogen) atoms. The van der Waals surface area contributed by atoms with Crippen LogP contribution in [0.3, 0.4) is 0 Å². The van der Waals surface area contributed by atoms with Gasteiger partial charge in [-0.1, -0.05) is 26.8 Å². The summed E-state index contributed by atoms with van der Waals surface area (Å²) in [6.07, 6.45) is 1.88. The maximum atomic E-state index is 12.3. The summed E-state index contributed by atoms with van der Waals surface area (Å²) >= 11 is 0. The molecule has 2 aromatic heterocycles. The summed E-state index contributed by atoms with van der Waals surface area (Å²) in [7, 11) is 0. The lowest BCUT2D eigenvalue weighted by atomic mass is 9.88. The Morgan fingerprint density at radius 1 is 1.31 bits per heavy atom. The van der Waals surface area contributed by atoms with Crippen LogP contribution in [0.5, 0.6) is 0 Å². The van der Waals surface area contributed by atoms with Crippen molar-refractivity contribution in [1.29, 1.82) is 0 Å². The summed E-state index contributed by atoms with van der Waals surface area (Å²) in [6, 6.07) is 5.74. The normalized spacial score (nSPS) is 12.0. The molecule has 0 spiro atoms. The number of nitrogens with zero attached hydrogens (tertiary/aromatic N) is 2. The zero-order valence-electron chi connectivity index (χ0n) is 10.1. The first-order chi connectivity index (χ1) is 7.41. The van der Waals surface area contributed by atoms with Crippen molar-refractivity contribution in [2.45, 2.75) is 27.7 Å². The zero-order chi connectivity index (χ0) is 11.9. The zero-order valence-corrected chi connectivity index (χ0v) is 10.1. The molecule has 2 rings (SSSR count). The number of aryl methyl sites for hydroxylation is 1. The third kappa shape index (κ3) is 1.62. The fourth-order valence-corrected chi connectivity index (χ4v) is 1.74. The third-order valence-corrected chi connectivity index (χ3v) is 2.60. The van der Waals surface area contributed by atoms with Crippen LogP contribution in [0.25, 0.3) is 5.65 Å². The number of aromatic nitrogens is 2. The summed E-state index contributed by atoms with van der Waals surface area (Å²) in [4.78, 5) is 16.7. The maximum Gasteiger partial charge on any atom is 0.186 e. The van der Waals surface area contributed by atoms with E-state index >= 15 is 0 Å². The van der Waals surface area contributed by atoms with Gasteiger partial charge in [0.25, 0.3) is 0 Å². The minimum atomic E-state index is -0.378. The van der Waals surface area contributed by atoms with E-state index in [1.54, 1.807) is 0 Å². The highest BCUT2D eigenvalue weighted by Gasteiger charge is 2.27. The molecule has 0 fully saturated rings. The molecule has 3 nitrogen and oxygen atoms in total. The topological polar surface area (TPSA) is 34.4 Å². The van der Waals surface area contributed by atoms with Crippen LogP contribution < -0.4 is 0 Å². The average molecular weight is 216 g/mol. The molecule has 0 saturated heterocycles. The maximum absolute atomic E-state index is 12.3. The Labute approximate surface area is 95.1 Å². The van der Waals surface area contributed by atoms with Crippen molar-refractivity contribution in [2.24, 2.45) is 5.41 Å². The second-order valence-electron chi connectivity index (χ2n) is 5.05. The first-order valence-corrected chi connectivity index (χ1v) is 5.40. The van der Waals surface area contributed by atoms with Gasteiger partial charge in [0.2, 0.25) is 0 Å². The Morgan fingerprint density at radius 3 is 2.62 bits per heavy atom. The number of ketones is 1. The van der Waals surface area contributed by atoms with Gasteiger partial charge in [-0.05, 0) is 19.1 Å². The Bertz CT molecular complexity index is 547. The molecule has 0 aliphatic rings. The molecule has 0 aromatic carbocycles. The molecule has 0 aliphatic heterocycles. The molecule has 0 N–H and O–H groups in total. The highest BCUT2D eigenvalue weighted by Crippen LogP contribution is 2.23. The predicted octanol–water partition coefficient (Wildman–Crippen LogP) is 2.87. The Hall–Kier alpha value is -1.64. The first-order valence-electron chi connectivity index (χ1n) is 5.40. The second kappa shape index (κ2) is 3.44. The quantitative estimate of drug-likeness (QED) is 0.687. The van der Waals surface area contributed by atoms with Gasteiger partial charge in [0.05, 0.1) is 5.69 Å². The van der Waals surface area contributed by atoms with Crippen LogP contribution in [-0.2, 0) is 0 Å². The van der Waals surface area contributed by atoms with E-state index in [1.165, 1.54) is 0 Å². The molecule has 2 heterocycles. The van der Waals surface area contributed by atoms with Crippen molar-refractivity contribution in [3.05, 3.63) is 35.8 Å². The van der Waals surface area contributed by atoms with Crippen molar-refractivity contribution in [3.63, 3.8) is 0 Å². The molecule has 0 saturated carbocycles. The van der Waals surface area contributed by atoms with Gasteiger partial charge >= 0.3 is 0 Å². The largest absolute Gasteiger partial charge is 0.297 e. The number of rotatable bonds is 1. The number of hydrogen-bond donors (Lipinski definition) is 0. The molecule has 0 amide bonds. The van der Waals surface area contributed by atoms with E-state index in [1.807, 2.05) is 56.5 Å². The molecular formula is C13H16N2O. The fourth-order valence-electron chi connectivity index (χ4n) is 1.74. The number of pyridine rings is 1.